The first-order valence-electron chi connectivity index (χ1n) is 50.2. The number of aromatic nitrogens is 7. The average Bonchev–Trinajstić information content (AvgIpc) is 0.855. The fraction of sp³-hybridized carbons (Fsp3) is 0.275. The molecule has 734 valence electrons. The molecule has 144 heavy (non-hydrogen) atoms. The van der Waals surface area contributed by atoms with Gasteiger partial charge in [0.15, 0.2) is 0 Å². The van der Waals surface area contributed by atoms with Crippen LogP contribution in [0.1, 0.15) is 231 Å². The van der Waals surface area contributed by atoms with Crippen molar-refractivity contribution >= 4 is 45.9 Å². The Labute approximate surface area is 856 Å². The van der Waals surface area contributed by atoms with E-state index in [2.05, 4.69) is 399 Å². The first kappa shape index (κ1) is 103. The molecule has 0 radical (unpaired) electrons. The Balaban J connectivity index is 0.000000164. The van der Waals surface area contributed by atoms with Crippen molar-refractivity contribution < 1.29 is 15.3 Å². The van der Waals surface area contributed by atoms with Crippen LogP contribution >= 0.6 is 0 Å². The van der Waals surface area contributed by atoms with E-state index in [0.717, 1.165) is 124 Å². The summed E-state index contributed by atoms with van der Waals surface area (Å²) in [4.78, 5) is 41.0. The van der Waals surface area contributed by atoms with Gasteiger partial charge in [0.2, 0.25) is 0 Å². The Morgan fingerprint density at radius 2 is 0.465 bits per heavy atom. The highest BCUT2D eigenvalue weighted by Gasteiger charge is 2.32. The van der Waals surface area contributed by atoms with E-state index in [1.165, 1.54) is 44.5 Å². The van der Waals surface area contributed by atoms with E-state index in [9.17, 15) is 15.3 Å². The highest BCUT2D eigenvalue weighted by atomic mass is 16.3. The molecule has 17 rings (SSSR count). The van der Waals surface area contributed by atoms with Crippen LogP contribution in [0.5, 0.6) is 17.2 Å². The van der Waals surface area contributed by atoms with E-state index in [1.807, 2.05) is 146 Å². The van der Waals surface area contributed by atoms with Crippen LogP contribution in [0.3, 0.4) is 0 Å². The normalized spacial score (nSPS) is 12.2. The van der Waals surface area contributed by atoms with Crippen LogP contribution in [-0.2, 0) is 43.3 Å². The maximum absolute atomic E-state index is 11.1. The van der Waals surface area contributed by atoms with Crippen LogP contribution in [0.2, 0.25) is 0 Å². The molecule has 7 aromatic heterocycles. The Kier molecular flexibility index (Phi) is 29.6. The first-order chi connectivity index (χ1) is 67.8. The van der Waals surface area contributed by atoms with E-state index in [0.29, 0.717) is 22.4 Å². The van der Waals surface area contributed by atoms with Crippen molar-refractivity contribution in [3.63, 3.8) is 0 Å². The fourth-order valence-corrected chi connectivity index (χ4v) is 17.6. The smallest absolute Gasteiger partial charge is 0.137 e. The summed E-state index contributed by atoms with van der Waals surface area (Å²) in [5.74, 6) is 3.13. The van der Waals surface area contributed by atoms with Crippen LogP contribution in [0.15, 0.2) is 353 Å². The van der Waals surface area contributed by atoms with Gasteiger partial charge in [-0.3, -0.25) is 14.8 Å². The fourth-order valence-electron chi connectivity index (χ4n) is 17.6. The van der Waals surface area contributed by atoms with Gasteiger partial charge in [-0.05, 0) is 306 Å². The lowest BCUT2D eigenvalue weighted by molar-refractivity contribution is 0.476. The van der Waals surface area contributed by atoms with Gasteiger partial charge < -0.3 is 20.2 Å². The molecule has 0 saturated heterocycles. The molecule has 0 saturated carbocycles. The van der Waals surface area contributed by atoms with Gasteiger partial charge >= 0.3 is 0 Å². The van der Waals surface area contributed by atoms with Gasteiger partial charge in [0, 0.05) is 86.5 Å². The number of phenolic OH excluding ortho intramolecular Hbond substituents is 3. The number of anilines is 8. The average molecular weight is 1900 g/mol. The molecule has 0 aliphatic carbocycles. The monoisotopic (exact) mass is 1900 g/mol. The van der Waals surface area contributed by atoms with E-state index in [4.69, 9.17) is 19.9 Å². The van der Waals surface area contributed by atoms with Gasteiger partial charge in [-0.1, -0.05) is 324 Å². The molecule has 0 aliphatic heterocycles. The van der Waals surface area contributed by atoms with Crippen molar-refractivity contribution in [2.45, 2.75) is 236 Å². The minimum atomic E-state index is -0.208. The molecule has 0 unspecified atom stereocenters. The van der Waals surface area contributed by atoms with Gasteiger partial charge in [-0.2, -0.15) is 0 Å². The second-order valence-corrected chi connectivity index (χ2v) is 47.2. The topological polar surface area (TPSA) is 161 Å². The maximum Gasteiger partial charge on any atom is 0.137 e. The van der Waals surface area contributed by atoms with Crippen LogP contribution in [0.4, 0.5) is 45.9 Å². The Bertz CT molecular complexity index is 7250. The van der Waals surface area contributed by atoms with Crippen molar-refractivity contribution in [1.82, 2.24) is 34.9 Å². The number of benzene rings is 10. The zero-order chi connectivity index (χ0) is 104. The molecule has 13 nitrogen and oxygen atoms in total. The summed E-state index contributed by atoms with van der Waals surface area (Å²) < 4.78 is 0. The van der Waals surface area contributed by atoms with Crippen LogP contribution in [0, 0.1) is 0 Å². The van der Waals surface area contributed by atoms with Gasteiger partial charge in [-0.15, -0.1) is 0 Å². The third kappa shape index (κ3) is 24.7. The number of phenols is 3. The second-order valence-electron chi connectivity index (χ2n) is 47.2. The molecule has 3 N–H and O–H groups in total. The maximum atomic E-state index is 11.1. The lowest BCUT2D eigenvalue weighted by Gasteiger charge is -2.37. The molecular weight excluding hydrogens is 1760 g/mol. The summed E-state index contributed by atoms with van der Waals surface area (Å²) >= 11 is 0. The Hall–Kier alpha value is -15.0. The van der Waals surface area contributed by atoms with E-state index < -0.39 is 0 Å². The largest absolute Gasteiger partial charge is 0.507 e. The standard InChI is InChI=1S/C50H57N3O.C41H40N4O.C40H45N3O/c1-47(2,3)36-24-34(25-37(29-36)48(4,5)6)35-27-43(52-44(28-35)42-20-13-14-21-45(42)54)33-18-17-19-40(26-33)53(46-22-15-16-23-51-46)41-31-38(49(7,8)9)30-39(32-41)50(10,11)12;1-40(2,3)31-20-28(21-32(25-31)41(4,5)6)29-23-36(44-37(24-29)35-16-10-11-17-38(35)46)30-22-34(27-42-26-30)45(33-14-8-7-9-15-33)39-18-12-13-19-43-39;1-38(2,3)30-21-28(22-31(26-30)39(4,5)6)29-24-34(42-35(25-29)33-17-10-11-18-36(33)44)27-15-14-16-32(23-27)43(40(7,8)9)37-19-12-13-20-41-37/h13-32,54H,1-12H3;7-27,46H,1-6H3;10-26,44H,1-9H3. The summed E-state index contributed by atoms with van der Waals surface area (Å²) in [5, 5.41) is 32.8. The van der Waals surface area contributed by atoms with Crippen LogP contribution < -0.4 is 14.7 Å². The van der Waals surface area contributed by atoms with Crippen molar-refractivity contribution in [3.05, 3.63) is 397 Å². The van der Waals surface area contributed by atoms with E-state index in [-0.39, 0.29) is 66.1 Å². The minimum absolute atomic E-state index is 0.0113. The van der Waals surface area contributed by atoms with Crippen molar-refractivity contribution in [3.8, 4) is 118 Å². The van der Waals surface area contributed by atoms with Crippen molar-refractivity contribution in [1.29, 1.82) is 0 Å². The quantitative estimate of drug-likeness (QED) is 0.0791. The zero-order valence-electron chi connectivity index (χ0n) is 89.3. The third-order valence-corrected chi connectivity index (χ3v) is 26.3. The summed E-state index contributed by atoms with van der Waals surface area (Å²) in [6.45, 7) is 60.9. The Morgan fingerprint density at radius 3 is 0.792 bits per heavy atom. The number of para-hydroxylation sites is 4. The van der Waals surface area contributed by atoms with Crippen LogP contribution in [0.25, 0.3) is 101 Å². The number of pyridine rings is 7. The van der Waals surface area contributed by atoms with Gasteiger partial charge in [-0.25, -0.2) is 29.9 Å². The predicted octanol–water partition coefficient (Wildman–Crippen LogP) is 35.2. The van der Waals surface area contributed by atoms with Crippen molar-refractivity contribution in [2.24, 2.45) is 0 Å². The minimum Gasteiger partial charge on any atom is -0.507 e. The highest BCUT2D eigenvalue weighted by Crippen LogP contribution is 2.48. The molecule has 0 amide bonds. The van der Waals surface area contributed by atoms with Gasteiger partial charge in [0.25, 0.3) is 0 Å². The molecule has 0 aliphatic rings. The summed E-state index contributed by atoms with van der Waals surface area (Å²) in [6, 6.07) is 110. The SMILES string of the molecule is CC(C)(C)c1cc(-c2cc(-c3cccc(N(c4cc(C(C)(C)C)cc(C(C)(C)C)c4)c4ccccn4)c3)nc(-c3ccccc3O)c2)cc(C(C)(C)C)c1.CC(C)(C)c1cc(-c2cc(-c3cccc(N(c4ccccn4)C(C)(C)C)c3)nc(-c3ccccc3O)c2)cc(C(C)(C)C)c1.CC(C)(C)c1cc(-c2cc(-c3cncc(N(c4ccccc4)c4ccccn4)c3)nc(-c3ccccc3O)c2)cc(C(C)(C)C)c1. The summed E-state index contributed by atoms with van der Waals surface area (Å²) in [7, 11) is 0. The predicted molar refractivity (Wildman–Crippen MR) is 605 cm³/mol. The molecular formula is C131H142N10O3. The molecule has 13 heteroatoms. The van der Waals surface area contributed by atoms with Crippen LogP contribution in [-0.4, -0.2) is 55.7 Å². The third-order valence-electron chi connectivity index (χ3n) is 26.3. The summed E-state index contributed by atoms with van der Waals surface area (Å²) in [6.07, 6.45) is 9.17. The molecule has 7 heterocycles. The molecule has 0 spiro atoms. The molecule has 17 aromatic rings. The second kappa shape index (κ2) is 41.2. The lowest BCUT2D eigenvalue weighted by atomic mass is 9.79. The van der Waals surface area contributed by atoms with Gasteiger partial charge in [0.1, 0.15) is 34.7 Å². The molecule has 0 bridgehead atoms. The number of hydrogen-bond acceptors (Lipinski definition) is 13. The summed E-state index contributed by atoms with van der Waals surface area (Å²) in [5.41, 5.74) is 30.7. The highest BCUT2D eigenvalue weighted by molar-refractivity contribution is 5.87. The number of nitrogens with zero attached hydrogens (tertiary/aromatic N) is 10. The van der Waals surface area contributed by atoms with Crippen molar-refractivity contribution in [2.75, 3.05) is 14.7 Å². The molecule has 10 aromatic carbocycles. The molecule has 0 fully saturated rings. The number of hydrogen-bond donors (Lipinski definition) is 3. The lowest BCUT2D eigenvalue weighted by Crippen LogP contribution is -2.38. The Morgan fingerprint density at radius 1 is 0.194 bits per heavy atom. The van der Waals surface area contributed by atoms with Gasteiger partial charge in [0.05, 0.1) is 46.0 Å². The molecule has 0 atom stereocenters. The first-order valence-corrected chi connectivity index (χ1v) is 50.2. The van der Waals surface area contributed by atoms with E-state index in [1.54, 1.807) is 24.4 Å². The number of rotatable bonds is 17. The zero-order valence-corrected chi connectivity index (χ0v) is 89.3. The number of aromatic hydroxyl groups is 3. The van der Waals surface area contributed by atoms with E-state index >= 15 is 0 Å².